The van der Waals surface area contributed by atoms with Crippen LogP contribution in [-0.2, 0) is 11.2 Å². The fraction of sp³-hybridized carbons (Fsp3) is 0.417. The summed E-state index contributed by atoms with van der Waals surface area (Å²) < 4.78 is 0. The van der Waals surface area contributed by atoms with Gasteiger partial charge in [-0.15, -0.1) is 0 Å². The normalized spacial score (nSPS) is 10.1. The van der Waals surface area contributed by atoms with Crippen molar-refractivity contribution in [2.45, 2.75) is 33.6 Å². The summed E-state index contributed by atoms with van der Waals surface area (Å²) in [5, 5.41) is 2.91. The number of nitrogens with two attached hydrogens (primary N) is 1. The largest absolute Gasteiger partial charge is 0.399 e. The minimum Gasteiger partial charge on any atom is -0.399 e. The highest BCUT2D eigenvalue weighted by Gasteiger charge is 2.08. The SMILES string of the molecule is CCC(=O)Nc1c(C)cc(N)cc1CC. The molecule has 0 unspecified atom stereocenters. The first-order valence-electron chi connectivity index (χ1n) is 5.27. The van der Waals surface area contributed by atoms with Gasteiger partial charge >= 0.3 is 0 Å². The Kier molecular flexibility index (Phi) is 3.72. The predicted molar refractivity (Wildman–Crippen MR) is 63.9 cm³/mol. The molecule has 3 nitrogen and oxygen atoms in total. The van der Waals surface area contributed by atoms with Crippen LogP contribution in [0.1, 0.15) is 31.4 Å². The monoisotopic (exact) mass is 206 g/mol. The van der Waals surface area contributed by atoms with Gasteiger partial charge < -0.3 is 11.1 Å². The molecule has 0 bridgehead atoms. The number of anilines is 2. The third kappa shape index (κ3) is 2.72. The van der Waals surface area contributed by atoms with Gasteiger partial charge in [0.1, 0.15) is 0 Å². The molecular formula is C12H18N2O. The molecule has 0 heterocycles. The van der Waals surface area contributed by atoms with Crippen LogP contribution in [0.15, 0.2) is 12.1 Å². The van der Waals surface area contributed by atoms with Crippen LogP contribution >= 0.6 is 0 Å². The number of nitrogens with one attached hydrogen (secondary N) is 1. The molecule has 0 radical (unpaired) electrons. The molecular weight excluding hydrogens is 188 g/mol. The number of hydrogen-bond donors (Lipinski definition) is 2. The highest BCUT2D eigenvalue weighted by Crippen LogP contribution is 2.24. The maximum absolute atomic E-state index is 11.3. The molecule has 0 saturated heterocycles. The summed E-state index contributed by atoms with van der Waals surface area (Å²) in [7, 11) is 0. The Morgan fingerprint density at radius 3 is 2.60 bits per heavy atom. The number of carbonyl (C=O) groups is 1. The van der Waals surface area contributed by atoms with E-state index in [4.69, 9.17) is 5.73 Å². The number of nitrogen functional groups attached to an aromatic ring is 1. The third-order valence-corrected chi connectivity index (χ3v) is 2.41. The van der Waals surface area contributed by atoms with Gasteiger partial charge in [-0.3, -0.25) is 4.79 Å². The average Bonchev–Trinajstić information content (AvgIpc) is 2.21. The smallest absolute Gasteiger partial charge is 0.224 e. The van der Waals surface area contributed by atoms with Crippen molar-refractivity contribution in [3.63, 3.8) is 0 Å². The summed E-state index contributed by atoms with van der Waals surface area (Å²) in [5.74, 6) is 0.0394. The average molecular weight is 206 g/mol. The fourth-order valence-corrected chi connectivity index (χ4v) is 1.58. The second-order valence-electron chi connectivity index (χ2n) is 3.63. The first-order chi connectivity index (χ1) is 7.08. The highest BCUT2D eigenvalue weighted by molar-refractivity contribution is 5.92. The molecule has 0 saturated carbocycles. The third-order valence-electron chi connectivity index (χ3n) is 2.41. The molecule has 1 aromatic carbocycles. The second-order valence-corrected chi connectivity index (χ2v) is 3.63. The Hall–Kier alpha value is -1.51. The Morgan fingerprint density at radius 2 is 2.07 bits per heavy atom. The molecule has 82 valence electrons. The molecule has 3 N–H and O–H groups in total. The molecule has 0 aliphatic heterocycles. The molecule has 0 atom stereocenters. The number of amides is 1. The van der Waals surface area contributed by atoms with Gasteiger partial charge in [-0.05, 0) is 36.6 Å². The van der Waals surface area contributed by atoms with Crippen LogP contribution < -0.4 is 11.1 Å². The van der Waals surface area contributed by atoms with E-state index in [1.807, 2.05) is 26.0 Å². The number of hydrogen-bond acceptors (Lipinski definition) is 2. The van der Waals surface area contributed by atoms with E-state index in [2.05, 4.69) is 12.2 Å². The van der Waals surface area contributed by atoms with Crippen molar-refractivity contribution in [3.8, 4) is 0 Å². The molecule has 0 aliphatic rings. The Bertz CT molecular complexity index is 372. The lowest BCUT2D eigenvalue weighted by molar-refractivity contribution is -0.115. The summed E-state index contributed by atoms with van der Waals surface area (Å²) in [6.07, 6.45) is 1.36. The lowest BCUT2D eigenvalue weighted by atomic mass is 10.0. The first-order valence-corrected chi connectivity index (χ1v) is 5.27. The topological polar surface area (TPSA) is 55.1 Å². The van der Waals surface area contributed by atoms with E-state index in [9.17, 15) is 4.79 Å². The van der Waals surface area contributed by atoms with Crippen LogP contribution in [0.2, 0.25) is 0 Å². The number of rotatable bonds is 3. The Morgan fingerprint density at radius 1 is 1.40 bits per heavy atom. The molecule has 15 heavy (non-hydrogen) atoms. The van der Waals surface area contributed by atoms with Crippen LogP contribution in [0.3, 0.4) is 0 Å². The van der Waals surface area contributed by atoms with Crippen molar-refractivity contribution in [1.82, 2.24) is 0 Å². The minimum absolute atomic E-state index is 0.0394. The van der Waals surface area contributed by atoms with E-state index in [1.54, 1.807) is 0 Å². The maximum Gasteiger partial charge on any atom is 0.224 e. The van der Waals surface area contributed by atoms with Gasteiger partial charge in [0.05, 0.1) is 0 Å². The van der Waals surface area contributed by atoms with Gasteiger partial charge in [0.25, 0.3) is 0 Å². The van der Waals surface area contributed by atoms with Crippen molar-refractivity contribution >= 4 is 17.3 Å². The number of aryl methyl sites for hydroxylation is 2. The van der Waals surface area contributed by atoms with Crippen LogP contribution in [0.25, 0.3) is 0 Å². The van der Waals surface area contributed by atoms with Crippen molar-refractivity contribution in [2.24, 2.45) is 0 Å². The summed E-state index contributed by atoms with van der Waals surface area (Å²) in [5.41, 5.74) is 9.53. The van der Waals surface area contributed by atoms with Gasteiger partial charge in [0, 0.05) is 17.8 Å². The van der Waals surface area contributed by atoms with E-state index >= 15 is 0 Å². The molecule has 0 spiro atoms. The zero-order valence-electron chi connectivity index (χ0n) is 9.55. The van der Waals surface area contributed by atoms with Gasteiger partial charge in [-0.25, -0.2) is 0 Å². The van der Waals surface area contributed by atoms with Crippen LogP contribution in [0, 0.1) is 6.92 Å². The van der Waals surface area contributed by atoms with Crippen molar-refractivity contribution in [1.29, 1.82) is 0 Å². The van der Waals surface area contributed by atoms with E-state index < -0.39 is 0 Å². The minimum atomic E-state index is 0.0394. The van der Waals surface area contributed by atoms with Crippen molar-refractivity contribution in [2.75, 3.05) is 11.1 Å². The predicted octanol–water partition coefficient (Wildman–Crippen LogP) is 2.49. The Balaban J connectivity index is 3.09. The highest BCUT2D eigenvalue weighted by atomic mass is 16.1. The van der Waals surface area contributed by atoms with Crippen molar-refractivity contribution < 1.29 is 4.79 Å². The van der Waals surface area contributed by atoms with Gasteiger partial charge in [0.15, 0.2) is 0 Å². The summed E-state index contributed by atoms with van der Waals surface area (Å²) in [6.45, 7) is 5.85. The lowest BCUT2D eigenvalue weighted by Gasteiger charge is -2.13. The zero-order chi connectivity index (χ0) is 11.4. The van der Waals surface area contributed by atoms with Gasteiger partial charge in [-0.2, -0.15) is 0 Å². The molecule has 3 heteroatoms. The summed E-state index contributed by atoms with van der Waals surface area (Å²) >= 11 is 0. The van der Waals surface area contributed by atoms with Gasteiger partial charge in [0.2, 0.25) is 5.91 Å². The molecule has 1 rings (SSSR count). The lowest BCUT2D eigenvalue weighted by Crippen LogP contribution is -2.12. The zero-order valence-corrected chi connectivity index (χ0v) is 9.55. The number of benzene rings is 1. The van der Waals surface area contributed by atoms with E-state index in [-0.39, 0.29) is 5.91 Å². The quantitative estimate of drug-likeness (QED) is 0.746. The van der Waals surface area contributed by atoms with Crippen LogP contribution in [0.5, 0.6) is 0 Å². The number of carbonyl (C=O) groups excluding carboxylic acids is 1. The summed E-state index contributed by atoms with van der Waals surface area (Å²) in [4.78, 5) is 11.3. The van der Waals surface area contributed by atoms with Gasteiger partial charge in [-0.1, -0.05) is 13.8 Å². The van der Waals surface area contributed by atoms with Crippen LogP contribution in [-0.4, -0.2) is 5.91 Å². The van der Waals surface area contributed by atoms with E-state index in [0.717, 1.165) is 28.9 Å². The summed E-state index contributed by atoms with van der Waals surface area (Å²) in [6, 6.07) is 3.79. The molecule has 1 aromatic rings. The molecule has 0 fully saturated rings. The molecule has 0 aliphatic carbocycles. The molecule has 0 aromatic heterocycles. The standard InChI is InChI=1S/C12H18N2O/c1-4-9-7-10(13)6-8(3)12(9)14-11(15)5-2/h6-7H,4-5,13H2,1-3H3,(H,14,15). The van der Waals surface area contributed by atoms with E-state index in [1.165, 1.54) is 0 Å². The maximum atomic E-state index is 11.3. The van der Waals surface area contributed by atoms with Crippen LogP contribution in [0.4, 0.5) is 11.4 Å². The first kappa shape index (κ1) is 11.6. The fourth-order valence-electron chi connectivity index (χ4n) is 1.58. The Labute approximate surface area is 90.7 Å². The molecule has 1 amide bonds. The van der Waals surface area contributed by atoms with Crippen molar-refractivity contribution in [3.05, 3.63) is 23.3 Å². The van der Waals surface area contributed by atoms with E-state index in [0.29, 0.717) is 6.42 Å². The second kappa shape index (κ2) is 4.82.